The van der Waals surface area contributed by atoms with Crippen molar-refractivity contribution in [2.24, 2.45) is 11.8 Å². The van der Waals surface area contributed by atoms with E-state index < -0.39 is 21.7 Å². The summed E-state index contributed by atoms with van der Waals surface area (Å²) in [6.45, 7) is 1.58. The van der Waals surface area contributed by atoms with Gasteiger partial charge in [-0.05, 0) is 18.8 Å². The molecule has 1 aliphatic carbocycles. The normalized spacial score (nSPS) is 19.0. The highest BCUT2D eigenvalue weighted by Crippen LogP contribution is 2.30. The second kappa shape index (κ2) is 4.29. The third kappa shape index (κ3) is 3.65. The van der Waals surface area contributed by atoms with Gasteiger partial charge in [0.15, 0.2) is 9.84 Å². The van der Waals surface area contributed by atoms with Crippen LogP contribution in [0.2, 0.25) is 0 Å². The molecule has 0 saturated heterocycles. The van der Waals surface area contributed by atoms with Crippen molar-refractivity contribution in [2.45, 2.75) is 19.8 Å². The lowest BCUT2D eigenvalue weighted by molar-refractivity contribution is -0.144. The minimum Gasteiger partial charge on any atom is -0.469 e. The number of carbonyl (C=O) groups is 1. The summed E-state index contributed by atoms with van der Waals surface area (Å²) in [6.07, 6.45) is 2.01. The number of rotatable bonds is 5. The van der Waals surface area contributed by atoms with E-state index in [1.807, 2.05) is 0 Å². The Morgan fingerprint density at radius 1 is 1.50 bits per heavy atom. The molecule has 1 rings (SSSR count). The van der Waals surface area contributed by atoms with Gasteiger partial charge in [-0.15, -0.1) is 0 Å². The molecular formula is C9H16O4S. The number of ether oxygens (including phenoxy) is 1. The number of hydrogen-bond donors (Lipinski definition) is 0. The van der Waals surface area contributed by atoms with Gasteiger partial charge in [0.2, 0.25) is 0 Å². The van der Waals surface area contributed by atoms with Gasteiger partial charge in [-0.25, -0.2) is 8.42 Å². The Hall–Kier alpha value is -0.580. The van der Waals surface area contributed by atoms with Crippen LogP contribution in [0, 0.1) is 11.8 Å². The first-order valence-electron chi connectivity index (χ1n) is 4.73. The molecule has 0 heterocycles. The largest absolute Gasteiger partial charge is 0.469 e. The summed E-state index contributed by atoms with van der Waals surface area (Å²) in [5.41, 5.74) is 0. The Bertz CT molecular complexity index is 303. The van der Waals surface area contributed by atoms with Crippen LogP contribution in [0.4, 0.5) is 0 Å². The molecule has 1 aliphatic rings. The van der Waals surface area contributed by atoms with E-state index in [1.165, 1.54) is 7.11 Å². The standard InChI is InChI=1S/C9H16O4S/c1-7(9(10)13-2)5-14(11,12)6-8-3-4-8/h7-8H,3-6H2,1-2H3. The molecule has 4 nitrogen and oxygen atoms in total. The van der Waals surface area contributed by atoms with E-state index in [2.05, 4.69) is 4.74 Å². The van der Waals surface area contributed by atoms with Crippen LogP contribution in [-0.4, -0.2) is 33.0 Å². The minimum absolute atomic E-state index is 0.0871. The summed E-state index contributed by atoms with van der Waals surface area (Å²) in [4.78, 5) is 11.0. The molecule has 0 bridgehead atoms. The zero-order valence-corrected chi connectivity index (χ0v) is 9.34. The van der Waals surface area contributed by atoms with Crippen LogP contribution in [0.5, 0.6) is 0 Å². The molecule has 14 heavy (non-hydrogen) atoms. The van der Waals surface area contributed by atoms with Crippen LogP contribution < -0.4 is 0 Å². The molecule has 0 radical (unpaired) electrons. The molecular weight excluding hydrogens is 204 g/mol. The molecule has 0 aromatic carbocycles. The first-order chi connectivity index (χ1) is 6.44. The lowest BCUT2D eigenvalue weighted by Crippen LogP contribution is -2.24. The SMILES string of the molecule is COC(=O)C(C)CS(=O)(=O)CC1CC1. The lowest BCUT2D eigenvalue weighted by atomic mass is 10.2. The molecule has 82 valence electrons. The fourth-order valence-electron chi connectivity index (χ4n) is 1.36. The first kappa shape index (κ1) is 11.5. The number of methoxy groups -OCH3 is 1. The summed E-state index contributed by atoms with van der Waals surface area (Å²) in [7, 11) is -1.80. The van der Waals surface area contributed by atoms with Gasteiger partial charge in [0.1, 0.15) is 0 Å². The van der Waals surface area contributed by atoms with Crippen LogP contribution in [0.25, 0.3) is 0 Å². The fourth-order valence-corrected chi connectivity index (χ4v) is 3.45. The Kier molecular flexibility index (Phi) is 3.53. The molecule has 1 saturated carbocycles. The number of carbonyl (C=O) groups excluding carboxylic acids is 1. The van der Waals surface area contributed by atoms with Crippen molar-refractivity contribution in [3.63, 3.8) is 0 Å². The van der Waals surface area contributed by atoms with Gasteiger partial charge < -0.3 is 4.74 Å². The van der Waals surface area contributed by atoms with E-state index >= 15 is 0 Å². The Labute approximate surface area is 84.6 Å². The second-order valence-corrected chi connectivity index (χ2v) is 6.10. The van der Waals surface area contributed by atoms with E-state index in [4.69, 9.17) is 0 Å². The van der Waals surface area contributed by atoms with E-state index in [-0.39, 0.29) is 11.5 Å². The number of hydrogen-bond acceptors (Lipinski definition) is 4. The quantitative estimate of drug-likeness (QED) is 0.637. The molecule has 0 aromatic rings. The highest BCUT2D eigenvalue weighted by Gasteiger charge is 2.30. The van der Waals surface area contributed by atoms with E-state index in [0.29, 0.717) is 5.92 Å². The molecule has 0 aliphatic heterocycles. The van der Waals surface area contributed by atoms with Crippen molar-refractivity contribution in [3.05, 3.63) is 0 Å². The second-order valence-electron chi connectivity index (χ2n) is 3.94. The molecule has 1 fully saturated rings. The highest BCUT2D eigenvalue weighted by atomic mass is 32.2. The first-order valence-corrected chi connectivity index (χ1v) is 6.55. The summed E-state index contributed by atoms with van der Waals surface area (Å²) in [6, 6.07) is 0. The van der Waals surface area contributed by atoms with Gasteiger partial charge in [-0.3, -0.25) is 4.79 Å². The summed E-state index contributed by atoms with van der Waals surface area (Å²) in [5.74, 6) is -0.525. The molecule has 5 heteroatoms. The van der Waals surface area contributed by atoms with Gasteiger partial charge in [-0.1, -0.05) is 6.92 Å². The predicted molar refractivity (Wildman–Crippen MR) is 52.6 cm³/mol. The van der Waals surface area contributed by atoms with Crippen LogP contribution in [0.3, 0.4) is 0 Å². The summed E-state index contributed by atoms with van der Waals surface area (Å²) >= 11 is 0. The van der Waals surface area contributed by atoms with Crippen molar-refractivity contribution >= 4 is 15.8 Å². The molecule has 1 atom stereocenters. The van der Waals surface area contributed by atoms with Crippen LogP contribution in [0.15, 0.2) is 0 Å². The van der Waals surface area contributed by atoms with E-state index in [0.717, 1.165) is 12.8 Å². The van der Waals surface area contributed by atoms with Crippen molar-refractivity contribution in [2.75, 3.05) is 18.6 Å². The molecule has 0 aromatic heterocycles. The van der Waals surface area contributed by atoms with Crippen molar-refractivity contribution < 1.29 is 17.9 Å². The maximum Gasteiger partial charge on any atom is 0.309 e. The van der Waals surface area contributed by atoms with Gasteiger partial charge in [-0.2, -0.15) is 0 Å². The van der Waals surface area contributed by atoms with Crippen LogP contribution in [-0.2, 0) is 19.4 Å². The third-order valence-electron chi connectivity index (χ3n) is 2.29. The highest BCUT2D eigenvalue weighted by molar-refractivity contribution is 7.91. The minimum atomic E-state index is -3.07. The summed E-state index contributed by atoms with van der Waals surface area (Å²) in [5, 5.41) is 0. The van der Waals surface area contributed by atoms with Gasteiger partial charge in [0, 0.05) is 0 Å². The third-order valence-corrected chi connectivity index (χ3v) is 4.28. The van der Waals surface area contributed by atoms with Gasteiger partial charge >= 0.3 is 5.97 Å². The maximum atomic E-state index is 11.5. The van der Waals surface area contributed by atoms with Crippen molar-refractivity contribution in [1.29, 1.82) is 0 Å². The predicted octanol–water partition coefficient (Wildman–Crippen LogP) is 0.620. The average Bonchev–Trinajstić information content (AvgIpc) is 2.84. The molecule has 0 amide bonds. The molecule has 0 spiro atoms. The topological polar surface area (TPSA) is 60.4 Å². The molecule has 0 N–H and O–H groups in total. The zero-order chi connectivity index (χ0) is 10.8. The van der Waals surface area contributed by atoms with Gasteiger partial charge in [0.05, 0.1) is 24.5 Å². The fraction of sp³-hybridized carbons (Fsp3) is 0.889. The van der Waals surface area contributed by atoms with Crippen LogP contribution in [0.1, 0.15) is 19.8 Å². The smallest absolute Gasteiger partial charge is 0.309 e. The zero-order valence-electron chi connectivity index (χ0n) is 8.52. The monoisotopic (exact) mass is 220 g/mol. The number of esters is 1. The summed E-state index contributed by atoms with van der Waals surface area (Å²) < 4.78 is 27.5. The lowest BCUT2D eigenvalue weighted by Gasteiger charge is -2.09. The Balaban J connectivity index is 2.44. The number of sulfone groups is 1. The van der Waals surface area contributed by atoms with Crippen molar-refractivity contribution in [1.82, 2.24) is 0 Å². The van der Waals surface area contributed by atoms with Gasteiger partial charge in [0.25, 0.3) is 0 Å². The van der Waals surface area contributed by atoms with E-state index in [1.54, 1.807) is 6.92 Å². The maximum absolute atomic E-state index is 11.5. The van der Waals surface area contributed by atoms with Crippen LogP contribution >= 0.6 is 0 Å². The van der Waals surface area contributed by atoms with E-state index in [9.17, 15) is 13.2 Å². The molecule has 1 unspecified atom stereocenters. The van der Waals surface area contributed by atoms with Crippen molar-refractivity contribution in [3.8, 4) is 0 Å². The Morgan fingerprint density at radius 3 is 2.50 bits per heavy atom. The average molecular weight is 220 g/mol. The Morgan fingerprint density at radius 2 is 2.07 bits per heavy atom.